The summed E-state index contributed by atoms with van der Waals surface area (Å²) in [7, 11) is -8.79. The highest BCUT2D eigenvalue weighted by Crippen LogP contribution is 2.44. The minimum Gasteiger partial charge on any atom is -0.296 e. The van der Waals surface area contributed by atoms with Gasteiger partial charge in [0.15, 0.2) is 19.7 Å². The molecule has 20 rings (SSSR count). The van der Waals surface area contributed by atoms with Gasteiger partial charge in [0.2, 0.25) is 29.1 Å². The summed E-state index contributed by atoms with van der Waals surface area (Å²) in [6.45, 7) is 0. The van der Waals surface area contributed by atoms with Gasteiger partial charge in [0.05, 0.1) is 105 Å². The second kappa shape index (κ2) is 35.2. The van der Waals surface area contributed by atoms with Crippen molar-refractivity contribution in [3.63, 3.8) is 0 Å². The Kier molecular flexibility index (Phi) is 24.0. The summed E-state index contributed by atoms with van der Waals surface area (Å²) < 4.78 is 87.3. The molecule has 0 bridgehead atoms. The molecular weight excluding hydrogens is 1740 g/mol. The van der Waals surface area contributed by atoms with Crippen LogP contribution in [-0.4, -0.2) is 173 Å². The van der Waals surface area contributed by atoms with Gasteiger partial charge in [-0.1, -0.05) is 104 Å². The van der Waals surface area contributed by atoms with E-state index in [0.29, 0.717) is 130 Å². The Hall–Kier alpha value is -11.5. The number of aromatic nitrogens is 24. The highest BCUT2D eigenvalue weighted by molar-refractivity contribution is 8.00. The Morgan fingerprint density at radius 3 is 0.958 bits per heavy atom. The van der Waals surface area contributed by atoms with Crippen LogP contribution in [-0.2, 0) is 41.3 Å². The van der Waals surface area contributed by atoms with Gasteiger partial charge in [0.25, 0.3) is 0 Å². The maximum absolute atomic E-state index is 12.3. The largest absolute Gasteiger partial charge is 0.439 e. The van der Waals surface area contributed by atoms with Crippen molar-refractivity contribution in [2.24, 2.45) is 0 Å². The molecule has 0 saturated heterocycles. The van der Waals surface area contributed by atoms with E-state index in [9.17, 15) is 39.6 Å². The molecule has 0 radical (unpaired) electrons. The highest BCUT2D eigenvalue weighted by Gasteiger charge is 2.40. The fraction of sp³-hybridized carbons (Fsp3) is 0.205. The lowest BCUT2D eigenvalue weighted by Gasteiger charge is -2.08. The van der Waals surface area contributed by atoms with Gasteiger partial charge in [-0.05, 0) is 166 Å². The summed E-state index contributed by atoms with van der Waals surface area (Å²) in [5.41, 5.74) is 9.16. The number of H-pyrrole nitrogens is 5. The second-order valence-corrected chi connectivity index (χ2v) is 37.9. The van der Waals surface area contributed by atoms with E-state index in [1.165, 1.54) is 56.6 Å². The lowest BCUT2D eigenvalue weighted by molar-refractivity contribution is 0.387. The van der Waals surface area contributed by atoms with Crippen molar-refractivity contribution >= 4 is 111 Å². The monoisotopic (exact) mass is 1790 g/mol. The molecular formula is C73H55Cl5N24O12S5. The number of sulfone groups is 2. The number of nitrogens with one attached hydrogen (secondary N) is 5. The summed E-state index contributed by atoms with van der Waals surface area (Å²) in [6, 6.07) is 34.6. The topological polar surface area (TPSA) is 517 Å². The van der Waals surface area contributed by atoms with Crippen molar-refractivity contribution < 1.29 is 38.8 Å². The maximum Gasteiger partial charge on any atom is 0.439 e. The van der Waals surface area contributed by atoms with E-state index in [0.717, 1.165) is 52.3 Å². The van der Waals surface area contributed by atoms with Gasteiger partial charge in [-0.3, -0.25) is 36.9 Å². The number of rotatable bonds is 20. The molecule has 10 aromatic heterocycles. The smallest absolute Gasteiger partial charge is 0.296 e. The Bertz CT molecular complexity index is 6780. The van der Waals surface area contributed by atoms with Gasteiger partial charge in [0, 0.05) is 48.5 Å². The van der Waals surface area contributed by atoms with Crippen molar-refractivity contribution in [1.29, 1.82) is 0 Å². The molecule has 5 aliphatic rings. The van der Waals surface area contributed by atoms with E-state index in [2.05, 4.69) is 135 Å². The minimum atomic E-state index is -3.37. The third kappa shape index (κ3) is 19.6. The van der Waals surface area contributed by atoms with E-state index in [1.54, 1.807) is 72.8 Å². The molecule has 10 heterocycles. The number of thioether (sulfide) groups is 1. The molecule has 5 aliphatic carbocycles. The van der Waals surface area contributed by atoms with Crippen LogP contribution in [0.3, 0.4) is 0 Å². The van der Waals surface area contributed by atoms with E-state index in [-0.39, 0.29) is 58.3 Å². The third-order valence-corrected chi connectivity index (χ3v) is 30.0. The molecule has 46 heteroatoms. The molecule has 2 unspecified atom stereocenters. The summed E-state index contributed by atoms with van der Waals surface area (Å²) >= 11 is 33.2. The summed E-state index contributed by atoms with van der Waals surface area (Å²) in [4.78, 5) is 84.7. The van der Waals surface area contributed by atoms with Crippen molar-refractivity contribution in [3.05, 3.63) is 210 Å². The third-order valence-electron chi connectivity index (χ3n) is 18.1. The van der Waals surface area contributed by atoms with E-state index in [1.807, 2.05) is 48.2 Å². The van der Waals surface area contributed by atoms with Crippen molar-refractivity contribution in [2.45, 2.75) is 115 Å². The lowest BCUT2D eigenvalue weighted by atomic mass is 10.1. The van der Waals surface area contributed by atoms with Gasteiger partial charge in [-0.25, -0.2) is 81.1 Å². The number of tetrazole rings is 2. The summed E-state index contributed by atoms with van der Waals surface area (Å²) in [5, 5.41) is 40.7. The molecule has 0 spiro atoms. The molecule has 0 amide bonds. The number of halogens is 5. The van der Waals surface area contributed by atoms with Crippen molar-refractivity contribution in [3.8, 4) is 114 Å². The molecule has 5 aromatic carbocycles. The van der Waals surface area contributed by atoms with Crippen LogP contribution in [0.4, 0.5) is 0 Å². The van der Waals surface area contributed by atoms with Crippen LogP contribution in [0.2, 0.25) is 25.1 Å². The maximum atomic E-state index is 12.3. The first-order valence-electron chi connectivity index (χ1n) is 35.8. The summed E-state index contributed by atoms with van der Waals surface area (Å²) in [5.74, 6) is -0.555. The van der Waals surface area contributed by atoms with Crippen LogP contribution in [0.25, 0.3) is 114 Å². The second-order valence-electron chi connectivity index (χ2n) is 26.8. The molecule has 119 heavy (non-hydrogen) atoms. The Balaban J connectivity index is 0.000000111. The predicted octanol–water partition coefficient (Wildman–Crippen LogP) is 12.0. The van der Waals surface area contributed by atoms with Gasteiger partial charge >= 0.3 is 17.3 Å². The average Bonchev–Trinajstić information content (AvgIpc) is 1.64. The van der Waals surface area contributed by atoms with Crippen LogP contribution >= 0.6 is 69.8 Å². The zero-order chi connectivity index (χ0) is 82.6. The molecule has 0 aliphatic heterocycles. The van der Waals surface area contributed by atoms with Gasteiger partial charge < -0.3 is 0 Å². The molecule has 5 saturated carbocycles. The van der Waals surface area contributed by atoms with Gasteiger partial charge in [0.1, 0.15) is 60.1 Å². The fourth-order valence-electron chi connectivity index (χ4n) is 11.4. The Labute approximate surface area is 704 Å². The predicted molar refractivity (Wildman–Crippen MR) is 435 cm³/mol. The standard InChI is InChI=1S/C15H11ClN4O4S.C15H11ClN4O3S.C15H11ClN4O2S.C14H11ClN6O2S.C14H11ClN6OS/c16-10-5-8(1-4-13(10)25(22,23)9-2-3-9)11-6-12(18-7-17-11)14-19-15(21)24-20-14;16-10-5-8(1-4-13(10)24(22)9-2-3-9)11-6-12(18-7-17-11)14-19-15(21)23-20-14;16-10-5-8(1-4-13(10)23-9-2-3-9)11-6-12(18-7-17-11)14-19-15(21)22-20-14;15-10-5-8(1-4-13(10)24(22,23)9-2-3-9)11-6-12(17-7-16-11)14-18-20-21-19-14;15-10-5-8(1-4-13(10)23(22)9-2-3-9)11-6-12(17-7-16-11)14-18-20-21-19-14/h1,4-7,9H,2-3H2,(H,19,20,21);1,4-7,9H,2-3H2,(H,19,20,21);1,4-7,9H,2-3H2,(H,19,20,21);1,4-7,9H,2-3H2,(H,18,19,20,21);1,4-7,9H,2-3H2,(H,18,19,20,21). The quantitative estimate of drug-likeness (QED) is 0.0473. The van der Waals surface area contributed by atoms with Gasteiger partial charge in [-0.2, -0.15) is 10.4 Å². The van der Waals surface area contributed by atoms with E-state index < -0.39 is 58.5 Å². The SMILES string of the molecule is O=S(=O)(c1ccc(-c2cc(-c3nn[nH]n3)ncn2)cc1Cl)C1CC1.O=S(c1ccc(-c2cc(-c3nn[nH]n3)ncn2)cc1Cl)C1CC1.O=c1[nH]c(-c2cc(-c3ccc(S(=O)(=O)C4CC4)c(Cl)c3)ncn2)no1.O=c1[nH]c(-c2cc(-c3ccc(S(=O)C4CC4)c(Cl)c3)ncn2)no1.O=c1[nH]c(-c2cc(-c3ccc(SC4CC4)c(Cl)c3)ncn2)no1. The molecule has 5 N–H and O–H groups in total. The van der Waals surface area contributed by atoms with Crippen LogP contribution in [0, 0.1) is 0 Å². The molecule has 5 fully saturated rings. The summed E-state index contributed by atoms with van der Waals surface area (Å²) in [6.07, 6.45) is 16.1. The number of nitrogens with zero attached hydrogens (tertiary/aromatic N) is 19. The number of hydrogen-bond donors (Lipinski definition) is 5. The van der Waals surface area contributed by atoms with Crippen LogP contribution < -0.4 is 17.3 Å². The van der Waals surface area contributed by atoms with Crippen molar-refractivity contribution in [2.75, 3.05) is 0 Å². The van der Waals surface area contributed by atoms with Gasteiger partial charge in [-0.15, -0.1) is 32.2 Å². The van der Waals surface area contributed by atoms with E-state index >= 15 is 0 Å². The lowest BCUT2D eigenvalue weighted by Crippen LogP contribution is -2.07. The average molecular weight is 1800 g/mol. The fourth-order valence-corrected chi connectivity index (χ4v) is 20.7. The zero-order valence-corrected chi connectivity index (χ0v) is 68.6. The number of aromatic amines is 5. The molecule has 2 atom stereocenters. The van der Waals surface area contributed by atoms with Crippen LogP contribution in [0.5, 0.6) is 0 Å². The highest BCUT2D eigenvalue weighted by atomic mass is 35.5. The minimum absolute atomic E-state index is 0.135. The number of benzene rings is 5. The zero-order valence-electron chi connectivity index (χ0n) is 60.7. The first-order valence-corrected chi connectivity index (χ1v) is 44.0. The normalized spacial score (nSPS) is 14.9. The number of hydrogen-bond acceptors (Lipinski definition) is 32. The van der Waals surface area contributed by atoms with Crippen LogP contribution in [0.1, 0.15) is 64.2 Å². The molecule has 604 valence electrons. The van der Waals surface area contributed by atoms with E-state index in [4.69, 9.17) is 58.0 Å². The van der Waals surface area contributed by atoms with Crippen LogP contribution in [0.15, 0.2) is 205 Å². The molecule has 15 aromatic rings. The first-order chi connectivity index (χ1) is 57.5. The van der Waals surface area contributed by atoms with Crippen molar-refractivity contribution in [1.82, 2.24) is 122 Å². The Morgan fingerprint density at radius 1 is 0.361 bits per heavy atom. The first kappa shape index (κ1) is 81.2. The molecule has 36 nitrogen and oxygen atoms in total. The Morgan fingerprint density at radius 2 is 0.672 bits per heavy atom.